The third kappa shape index (κ3) is 4.89. The molecule has 3 heteroatoms. The average molecular weight is 574 g/mol. The zero-order valence-electron chi connectivity index (χ0n) is 25.9. The molecule has 0 spiro atoms. The van der Waals surface area contributed by atoms with Crippen molar-refractivity contribution in [2.75, 3.05) is 9.80 Å². The van der Waals surface area contributed by atoms with E-state index in [1.807, 2.05) is 0 Å². The van der Waals surface area contributed by atoms with E-state index in [9.17, 15) is 0 Å². The molecule has 0 amide bonds. The number of benzene rings is 5. The van der Waals surface area contributed by atoms with Gasteiger partial charge in [-0.15, -0.1) is 0 Å². The second kappa shape index (κ2) is 11.9. The molecule has 1 aliphatic carbocycles. The van der Waals surface area contributed by atoms with Gasteiger partial charge in [0.25, 0.3) is 0 Å². The van der Waals surface area contributed by atoms with Gasteiger partial charge in [0, 0.05) is 33.7 Å². The molecule has 1 aliphatic rings. The van der Waals surface area contributed by atoms with Gasteiger partial charge in [-0.05, 0) is 106 Å². The van der Waals surface area contributed by atoms with E-state index in [2.05, 4.69) is 169 Å². The minimum absolute atomic E-state index is 1.09. The molecule has 218 valence electrons. The lowest BCUT2D eigenvalue weighted by molar-refractivity contribution is 0.690. The van der Waals surface area contributed by atoms with E-state index in [4.69, 9.17) is 0 Å². The first-order valence-corrected chi connectivity index (χ1v) is 15.8. The largest absolute Gasteiger partial charge is 0.314 e. The molecule has 0 atom stereocenters. The predicted molar refractivity (Wildman–Crippen MR) is 187 cm³/mol. The molecular formula is C41H39N3. The molecule has 0 saturated carbocycles. The molecule has 0 radical (unpaired) electrons. The monoisotopic (exact) mass is 573 g/mol. The van der Waals surface area contributed by atoms with E-state index in [-0.39, 0.29) is 0 Å². The van der Waals surface area contributed by atoms with Crippen LogP contribution in [0.3, 0.4) is 0 Å². The molecule has 0 fully saturated rings. The third-order valence-corrected chi connectivity index (χ3v) is 9.01. The lowest BCUT2D eigenvalue weighted by Crippen LogP contribution is -2.22. The summed E-state index contributed by atoms with van der Waals surface area (Å²) in [5, 5.41) is 1.26. The van der Waals surface area contributed by atoms with Crippen molar-refractivity contribution in [1.82, 2.24) is 4.57 Å². The van der Waals surface area contributed by atoms with Crippen LogP contribution in [0.4, 0.5) is 28.6 Å². The van der Waals surface area contributed by atoms with Gasteiger partial charge < -0.3 is 4.90 Å². The molecule has 1 aromatic heterocycles. The first-order chi connectivity index (χ1) is 21.6. The number of para-hydroxylation sites is 4. The van der Waals surface area contributed by atoms with E-state index in [1.54, 1.807) is 0 Å². The second-order valence-electron chi connectivity index (χ2n) is 11.8. The third-order valence-electron chi connectivity index (χ3n) is 9.01. The zero-order valence-corrected chi connectivity index (χ0v) is 25.9. The van der Waals surface area contributed by atoms with E-state index in [0.717, 1.165) is 30.0 Å². The number of hydrogen-bond donors (Lipinski definition) is 0. The van der Waals surface area contributed by atoms with Crippen LogP contribution in [-0.2, 0) is 0 Å². The number of allylic oxidation sites excluding steroid dienone is 2. The maximum absolute atomic E-state index is 2.52. The van der Waals surface area contributed by atoms with Crippen molar-refractivity contribution in [1.29, 1.82) is 0 Å². The molecule has 44 heavy (non-hydrogen) atoms. The highest BCUT2D eigenvalue weighted by molar-refractivity contribution is 5.96. The molecular weight excluding hydrogens is 534 g/mol. The van der Waals surface area contributed by atoms with Crippen molar-refractivity contribution >= 4 is 39.5 Å². The van der Waals surface area contributed by atoms with Gasteiger partial charge >= 0.3 is 0 Å². The van der Waals surface area contributed by atoms with Gasteiger partial charge in [0.1, 0.15) is 5.82 Å². The van der Waals surface area contributed by atoms with Gasteiger partial charge in [-0.2, -0.15) is 0 Å². The molecule has 7 rings (SSSR count). The van der Waals surface area contributed by atoms with Gasteiger partial charge in [0.05, 0.1) is 16.9 Å². The Morgan fingerprint density at radius 2 is 1.18 bits per heavy atom. The predicted octanol–water partition coefficient (Wildman–Crippen LogP) is 11.6. The second-order valence-corrected chi connectivity index (χ2v) is 11.8. The number of aromatic nitrogens is 1. The van der Waals surface area contributed by atoms with E-state index < -0.39 is 0 Å². The summed E-state index contributed by atoms with van der Waals surface area (Å²) >= 11 is 0. The molecule has 0 aliphatic heterocycles. The number of fused-ring (bicyclic) bond motifs is 1. The Balaban J connectivity index is 1.51. The summed E-state index contributed by atoms with van der Waals surface area (Å²) in [5.41, 5.74) is 12.3. The van der Waals surface area contributed by atoms with E-state index in [1.165, 1.54) is 63.2 Å². The first kappa shape index (κ1) is 27.8. The van der Waals surface area contributed by atoms with Crippen LogP contribution < -0.4 is 9.80 Å². The van der Waals surface area contributed by atoms with Crippen molar-refractivity contribution in [3.8, 4) is 5.69 Å². The van der Waals surface area contributed by atoms with E-state index >= 15 is 0 Å². The first-order valence-electron chi connectivity index (χ1n) is 15.8. The van der Waals surface area contributed by atoms with Gasteiger partial charge in [-0.3, -0.25) is 9.47 Å². The molecule has 6 aromatic rings. The topological polar surface area (TPSA) is 11.4 Å². The van der Waals surface area contributed by atoms with Crippen molar-refractivity contribution in [3.05, 3.63) is 156 Å². The average Bonchev–Trinajstić information content (AvgIpc) is 3.37. The van der Waals surface area contributed by atoms with Crippen LogP contribution in [-0.4, -0.2) is 4.57 Å². The fourth-order valence-electron chi connectivity index (χ4n) is 6.82. The van der Waals surface area contributed by atoms with Crippen LogP contribution in [0.2, 0.25) is 0 Å². The smallest absolute Gasteiger partial charge is 0.126 e. The van der Waals surface area contributed by atoms with E-state index in [0.29, 0.717) is 0 Å². The molecule has 1 heterocycles. The Morgan fingerprint density at radius 1 is 0.545 bits per heavy atom. The summed E-state index contributed by atoms with van der Waals surface area (Å²) in [6.07, 6.45) is 7.15. The Morgan fingerprint density at radius 3 is 1.91 bits per heavy atom. The Hall–Kier alpha value is -5.02. The van der Waals surface area contributed by atoms with Crippen molar-refractivity contribution in [2.24, 2.45) is 0 Å². The summed E-state index contributed by atoms with van der Waals surface area (Å²) in [5.74, 6) is 1.16. The van der Waals surface area contributed by atoms with Crippen molar-refractivity contribution in [3.63, 3.8) is 0 Å². The summed E-state index contributed by atoms with van der Waals surface area (Å²) in [7, 11) is 0. The normalized spacial score (nSPS) is 13.1. The van der Waals surface area contributed by atoms with Crippen molar-refractivity contribution in [2.45, 2.75) is 46.5 Å². The summed E-state index contributed by atoms with van der Waals surface area (Å²) in [6, 6.07) is 45.9. The number of anilines is 5. The highest BCUT2D eigenvalue weighted by Gasteiger charge is 2.27. The van der Waals surface area contributed by atoms with Crippen LogP contribution in [0, 0.1) is 20.8 Å². The van der Waals surface area contributed by atoms with Gasteiger partial charge in [0.15, 0.2) is 0 Å². The van der Waals surface area contributed by atoms with Crippen LogP contribution >= 0.6 is 0 Å². The highest BCUT2D eigenvalue weighted by Crippen LogP contribution is 2.47. The van der Waals surface area contributed by atoms with Gasteiger partial charge in [-0.25, -0.2) is 0 Å². The zero-order chi connectivity index (χ0) is 30.0. The number of hydrogen-bond acceptors (Lipinski definition) is 2. The number of nitrogens with zero attached hydrogens (tertiary/aromatic N) is 3. The van der Waals surface area contributed by atoms with Crippen molar-refractivity contribution < 1.29 is 0 Å². The summed E-state index contributed by atoms with van der Waals surface area (Å²) < 4.78 is 2.42. The van der Waals surface area contributed by atoms with Gasteiger partial charge in [-0.1, -0.05) is 84.9 Å². The highest BCUT2D eigenvalue weighted by atomic mass is 15.3. The molecule has 0 bridgehead atoms. The summed E-state index contributed by atoms with van der Waals surface area (Å²) in [6.45, 7) is 6.78. The molecule has 0 N–H and O–H groups in total. The number of rotatable bonds is 7. The minimum atomic E-state index is 1.09. The molecule has 3 nitrogen and oxygen atoms in total. The van der Waals surface area contributed by atoms with Crippen LogP contribution in [0.1, 0.15) is 42.4 Å². The Kier molecular flexibility index (Phi) is 7.54. The SMILES string of the molecule is Cc1ccccc1N(C1=CCCCC1)c1cccc(N(c2ccccc2)c2c(C)c3ccccc3n2-c2ccccc2)c1C. The Bertz CT molecular complexity index is 1950. The fraction of sp³-hybridized carbons (Fsp3) is 0.171. The van der Waals surface area contributed by atoms with Crippen LogP contribution in [0.15, 0.2) is 139 Å². The fourth-order valence-corrected chi connectivity index (χ4v) is 6.82. The maximum Gasteiger partial charge on any atom is 0.126 e. The minimum Gasteiger partial charge on any atom is -0.314 e. The number of aryl methyl sites for hydroxylation is 2. The summed E-state index contributed by atoms with van der Waals surface area (Å²) in [4.78, 5) is 4.99. The quantitative estimate of drug-likeness (QED) is 0.188. The molecule has 5 aromatic carbocycles. The van der Waals surface area contributed by atoms with Crippen LogP contribution in [0.5, 0.6) is 0 Å². The molecule has 0 saturated heterocycles. The molecule has 0 unspecified atom stereocenters. The van der Waals surface area contributed by atoms with Gasteiger partial charge in [0.2, 0.25) is 0 Å². The standard InChI is InChI=1S/C41H39N3/c1-30-18-13-15-26-37(30)42(33-19-7-4-8-20-33)38-28-17-29-39(32(38)3)43(34-21-9-5-10-22-34)41-31(2)36-25-14-16-27-40(36)44(41)35-23-11-6-12-24-35/h5-6,9-19,21-29H,4,7-8,20H2,1-3H3. The van der Waals surface area contributed by atoms with Crippen LogP contribution in [0.25, 0.3) is 16.6 Å². The Labute approximate surface area is 261 Å². The lowest BCUT2D eigenvalue weighted by atomic mass is 10.00. The maximum atomic E-state index is 2.52. The lowest BCUT2D eigenvalue weighted by Gasteiger charge is -2.35.